The van der Waals surface area contributed by atoms with E-state index in [-0.39, 0.29) is 5.91 Å². The molecule has 0 aromatic heterocycles. The number of carbonyl (C=O) groups is 1. The Hall–Kier alpha value is -0.570. The number of rotatable bonds is 4. The van der Waals surface area contributed by atoms with Gasteiger partial charge in [-0.25, -0.2) is 0 Å². The van der Waals surface area contributed by atoms with Gasteiger partial charge in [-0.15, -0.1) is 0 Å². The lowest BCUT2D eigenvalue weighted by Gasteiger charge is -2.19. The molecule has 0 aromatic carbocycles. The molecule has 2 aliphatic rings. The molecular weight excluding hydrogens is 236 g/mol. The summed E-state index contributed by atoms with van der Waals surface area (Å²) in [6, 6.07) is 0.965. The molecule has 1 unspecified atom stereocenters. The van der Waals surface area contributed by atoms with Gasteiger partial charge < -0.3 is 10.6 Å². The van der Waals surface area contributed by atoms with Crippen molar-refractivity contribution in [2.75, 3.05) is 6.54 Å². The average Bonchev–Trinajstić information content (AvgIpc) is 2.55. The zero-order chi connectivity index (χ0) is 13.7. The largest absolute Gasteiger partial charge is 0.352 e. The molecule has 0 saturated heterocycles. The smallest absolute Gasteiger partial charge is 0.234 e. The van der Waals surface area contributed by atoms with Crippen molar-refractivity contribution in [1.82, 2.24) is 10.6 Å². The molecule has 0 aromatic rings. The maximum Gasteiger partial charge on any atom is 0.234 e. The standard InChI is InChI=1S/C16H30N2O/c1-16(2)10-9-14(11-16)17-12-15(19)18-13-7-5-3-4-6-8-13/h13-14,17H,3-12H2,1-2H3,(H,18,19). The van der Waals surface area contributed by atoms with Crippen LogP contribution in [0.1, 0.15) is 71.6 Å². The fraction of sp³-hybridized carbons (Fsp3) is 0.938. The Bertz CT molecular complexity index is 293. The van der Waals surface area contributed by atoms with Gasteiger partial charge in [-0.3, -0.25) is 4.79 Å². The molecular formula is C16H30N2O. The van der Waals surface area contributed by atoms with E-state index in [1.54, 1.807) is 0 Å². The van der Waals surface area contributed by atoms with Gasteiger partial charge in [-0.2, -0.15) is 0 Å². The second-order valence-electron chi connectivity index (χ2n) is 7.24. The molecule has 1 atom stereocenters. The Balaban J connectivity index is 1.64. The summed E-state index contributed by atoms with van der Waals surface area (Å²) in [7, 11) is 0. The van der Waals surface area contributed by atoms with Crippen LogP contribution in [0, 0.1) is 5.41 Å². The van der Waals surface area contributed by atoms with Crippen molar-refractivity contribution in [3.63, 3.8) is 0 Å². The summed E-state index contributed by atoms with van der Waals surface area (Å²) in [4.78, 5) is 12.0. The van der Waals surface area contributed by atoms with E-state index in [1.165, 1.54) is 57.8 Å². The third kappa shape index (κ3) is 5.13. The average molecular weight is 266 g/mol. The van der Waals surface area contributed by atoms with Crippen molar-refractivity contribution in [1.29, 1.82) is 0 Å². The lowest BCUT2D eigenvalue weighted by atomic mass is 9.92. The number of carbonyl (C=O) groups excluding carboxylic acids is 1. The molecule has 110 valence electrons. The normalized spacial score (nSPS) is 28.0. The minimum Gasteiger partial charge on any atom is -0.352 e. The zero-order valence-electron chi connectivity index (χ0n) is 12.6. The van der Waals surface area contributed by atoms with Crippen LogP contribution < -0.4 is 10.6 Å². The first-order valence-corrected chi connectivity index (χ1v) is 8.08. The van der Waals surface area contributed by atoms with Crippen LogP contribution in [0.2, 0.25) is 0 Å². The Morgan fingerprint density at radius 3 is 2.32 bits per heavy atom. The molecule has 0 spiro atoms. The highest BCUT2D eigenvalue weighted by Gasteiger charge is 2.30. The van der Waals surface area contributed by atoms with Gasteiger partial charge in [0.1, 0.15) is 0 Å². The molecule has 19 heavy (non-hydrogen) atoms. The Labute approximate surface area is 117 Å². The summed E-state index contributed by atoms with van der Waals surface area (Å²) in [6.07, 6.45) is 11.2. The van der Waals surface area contributed by atoms with Crippen molar-refractivity contribution in [3.8, 4) is 0 Å². The third-order valence-corrected chi connectivity index (χ3v) is 4.74. The van der Waals surface area contributed by atoms with Gasteiger partial charge >= 0.3 is 0 Å². The first-order chi connectivity index (χ1) is 9.05. The van der Waals surface area contributed by atoms with Crippen LogP contribution in [-0.4, -0.2) is 24.5 Å². The van der Waals surface area contributed by atoms with Crippen LogP contribution in [0.4, 0.5) is 0 Å². The number of nitrogens with one attached hydrogen (secondary N) is 2. The van der Waals surface area contributed by atoms with E-state index in [1.807, 2.05) is 0 Å². The highest BCUT2D eigenvalue weighted by molar-refractivity contribution is 5.78. The first kappa shape index (κ1) is 14.8. The molecule has 3 heteroatoms. The quantitative estimate of drug-likeness (QED) is 0.768. The summed E-state index contributed by atoms with van der Waals surface area (Å²) in [5, 5.41) is 6.63. The van der Waals surface area contributed by atoms with Crippen LogP contribution in [0.3, 0.4) is 0 Å². The minimum absolute atomic E-state index is 0.191. The minimum atomic E-state index is 0.191. The maximum absolute atomic E-state index is 12.0. The zero-order valence-corrected chi connectivity index (χ0v) is 12.6. The van der Waals surface area contributed by atoms with Gasteiger partial charge in [0.25, 0.3) is 0 Å². The van der Waals surface area contributed by atoms with E-state index in [2.05, 4.69) is 24.5 Å². The van der Waals surface area contributed by atoms with E-state index in [9.17, 15) is 4.79 Å². The molecule has 2 N–H and O–H groups in total. The van der Waals surface area contributed by atoms with E-state index in [0.717, 1.165) is 0 Å². The highest BCUT2D eigenvalue weighted by atomic mass is 16.1. The topological polar surface area (TPSA) is 41.1 Å². The monoisotopic (exact) mass is 266 g/mol. The second-order valence-corrected chi connectivity index (χ2v) is 7.24. The van der Waals surface area contributed by atoms with Crippen molar-refractivity contribution < 1.29 is 4.79 Å². The molecule has 0 bridgehead atoms. The van der Waals surface area contributed by atoms with E-state index in [0.29, 0.717) is 24.0 Å². The van der Waals surface area contributed by atoms with Crippen LogP contribution in [0.15, 0.2) is 0 Å². The molecule has 2 aliphatic carbocycles. The second kappa shape index (κ2) is 6.74. The van der Waals surface area contributed by atoms with Gasteiger partial charge in [0.2, 0.25) is 5.91 Å². The van der Waals surface area contributed by atoms with Crippen molar-refractivity contribution in [3.05, 3.63) is 0 Å². The highest BCUT2D eigenvalue weighted by Crippen LogP contribution is 2.36. The molecule has 3 nitrogen and oxygen atoms in total. The fourth-order valence-corrected chi connectivity index (χ4v) is 3.55. The summed E-state index contributed by atoms with van der Waals surface area (Å²) < 4.78 is 0. The maximum atomic E-state index is 12.0. The van der Waals surface area contributed by atoms with Gasteiger partial charge in [0.15, 0.2) is 0 Å². The van der Waals surface area contributed by atoms with Crippen molar-refractivity contribution in [2.24, 2.45) is 5.41 Å². The van der Waals surface area contributed by atoms with Crippen LogP contribution in [0.5, 0.6) is 0 Å². The lowest BCUT2D eigenvalue weighted by Crippen LogP contribution is -2.42. The number of amides is 1. The molecule has 2 rings (SSSR count). The number of hydrogen-bond acceptors (Lipinski definition) is 2. The van der Waals surface area contributed by atoms with Gasteiger partial charge in [-0.05, 0) is 37.5 Å². The van der Waals surface area contributed by atoms with E-state index < -0.39 is 0 Å². The molecule has 0 aliphatic heterocycles. The van der Waals surface area contributed by atoms with E-state index >= 15 is 0 Å². The molecule has 0 radical (unpaired) electrons. The fourth-order valence-electron chi connectivity index (χ4n) is 3.55. The summed E-state index contributed by atoms with van der Waals surface area (Å²) in [5.74, 6) is 0.191. The molecule has 1 amide bonds. The van der Waals surface area contributed by atoms with Gasteiger partial charge in [0.05, 0.1) is 6.54 Å². The Morgan fingerprint density at radius 1 is 1.05 bits per heavy atom. The molecule has 2 saturated carbocycles. The Morgan fingerprint density at radius 2 is 1.74 bits per heavy atom. The van der Waals surface area contributed by atoms with Crippen LogP contribution in [0.25, 0.3) is 0 Å². The van der Waals surface area contributed by atoms with Crippen LogP contribution in [-0.2, 0) is 4.79 Å². The predicted octanol–water partition coefficient (Wildman–Crippen LogP) is 2.99. The SMILES string of the molecule is CC1(C)CCC(NCC(=O)NC2CCCCCC2)C1. The van der Waals surface area contributed by atoms with Gasteiger partial charge in [0, 0.05) is 12.1 Å². The summed E-state index contributed by atoms with van der Waals surface area (Å²) in [5.41, 5.74) is 0.454. The Kier molecular flexibility index (Phi) is 5.26. The summed E-state index contributed by atoms with van der Waals surface area (Å²) >= 11 is 0. The molecule has 2 fully saturated rings. The van der Waals surface area contributed by atoms with Crippen molar-refractivity contribution >= 4 is 5.91 Å². The van der Waals surface area contributed by atoms with E-state index in [4.69, 9.17) is 0 Å². The number of hydrogen-bond donors (Lipinski definition) is 2. The summed E-state index contributed by atoms with van der Waals surface area (Å²) in [6.45, 7) is 5.14. The van der Waals surface area contributed by atoms with Gasteiger partial charge in [-0.1, -0.05) is 39.5 Å². The van der Waals surface area contributed by atoms with Crippen LogP contribution >= 0.6 is 0 Å². The lowest BCUT2D eigenvalue weighted by molar-refractivity contribution is -0.121. The predicted molar refractivity (Wildman–Crippen MR) is 79.1 cm³/mol. The molecule has 0 heterocycles. The third-order valence-electron chi connectivity index (χ3n) is 4.74. The first-order valence-electron chi connectivity index (χ1n) is 8.08. The van der Waals surface area contributed by atoms with Crippen molar-refractivity contribution in [2.45, 2.75) is 83.7 Å².